The van der Waals surface area contributed by atoms with Gasteiger partial charge in [-0.25, -0.2) is 0 Å². The first-order chi connectivity index (χ1) is 6.36. The summed E-state index contributed by atoms with van der Waals surface area (Å²) in [7, 11) is 0. The minimum absolute atomic E-state index is 1.27. The second-order valence-corrected chi connectivity index (χ2v) is 3.15. The van der Waals surface area contributed by atoms with Gasteiger partial charge in [-0.2, -0.15) is 0 Å². The molecule has 0 saturated heterocycles. The van der Waals surface area contributed by atoms with E-state index in [0.29, 0.717) is 0 Å². The molecule has 0 atom stereocenters. The Hall–Kier alpha value is -0.690. The highest BCUT2D eigenvalue weighted by Crippen LogP contribution is 2.15. The van der Waals surface area contributed by atoms with Crippen molar-refractivity contribution in [2.45, 2.75) is 25.7 Å². The van der Waals surface area contributed by atoms with Gasteiger partial charge in [0.05, 0.1) is 0 Å². The van der Waals surface area contributed by atoms with E-state index < -0.39 is 0 Å². The SMILES string of the molecule is C/C=C/c1ccc(SC)cc1.CC. The van der Waals surface area contributed by atoms with Crippen molar-refractivity contribution in [3.63, 3.8) is 0 Å². The highest BCUT2D eigenvalue weighted by molar-refractivity contribution is 7.98. The molecule has 1 rings (SSSR count). The van der Waals surface area contributed by atoms with Crippen molar-refractivity contribution < 1.29 is 0 Å². The van der Waals surface area contributed by atoms with E-state index in [2.05, 4.69) is 36.6 Å². The quantitative estimate of drug-likeness (QED) is 0.626. The Morgan fingerprint density at radius 2 is 1.62 bits per heavy atom. The van der Waals surface area contributed by atoms with E-state index in [0.717, 1.165) is 0 Å². The van der Waals surface area contributed by atoms with Crippen LogP contribution in [0.25, 0.3) is 6.08 Å². The molecule has 13 heavy (non-hydrogen) atoms. The topological polar surface area (TPSA) is 0 Å². The molecule has 0 aliphatic carbocycles. The molecule has 1 heteroatoms. The molecule has 0 unspecified atom stereocenters. The minimum Gasteiger partial charge on any atom is -0.130 e. The zero-order valence-electron chi connectivity index (χ0n) is 8.87. The van der Waals surface area contributed by atoms with Crippen LogP contribution in [-0.4, -0.2) is 6.26 Å². The van der Waals surface area contributed by atoms with E-state index >= 15 is 0 Å². The van der Waals surface area contributed by atoms with Crippen LogP contribution in [0.5, 0.6) is 0 Å². The molecule has 0 fully saturated rings. The summed E-state index contributed by atoms with van der Waals surface area (Å²) >= 11 is 1.77. The third kappa shape index (κ3) is 4.79. The summed E-state index contributed by atoms with van der Waals surface area (Å²) < 4.78 is 0. The number of allylic oxidation sites excluding steroid dienone is 1. The summed E-state index contributed by atoms with van der Waals surface area (Å²) in [6.45, 7) is 6.03. The average molecular weight is 194 g/mol. The lowest BCUT2D eigenvalue weighted by Crippen LogP contribution is -1.71. The molecule has 1 aromatic carbocycles. The smallest absolute Gasteiger partial charge is 0.00695 e. The lowest BCUT2D eigenvalue weighted by atomic mass is 10.2. The fraction of sp³-hybridized carbons (Fsp3) is 0.333. The van der Waals surface area contributed by atoms with Gasteiger partial charge in [0.1, 0.15) is 0 Å². The van der Waals surface area contributed by atoms with Crippen molar-refractivity contribution >= 4 is 17.8 Å². The Morgan fingerprint density at radius 3 is 2.00 bits per heavy atom. The third-order valence-electron chi connectivity index (χ3n) is 1.47. The second-order valence-electron chi connectivity index (χ2n) is 2.27. The van der Waals surface area contributed by atoms with Gasteiger partial charge < -0.3 is 0 Å². The standard InChI is InChI=1S/C10H12S.C2H6/c1-3-4-9-5-7-10(11-2)8-6-9;1-2/h3-8H,1-2H3;1-2H3/b4-3+;. The summed E-state index contributed by atoms with van der Waals surface area (Å²) in [6.07, 6.45) is 6.24. The zero-order valence-corrected chi connectivity index (χ0v) is 9.69. The molecule has 0 heterocycles. The molecule has 0 spiro atoms. The predicted molar refractivity (Wildman–Crippen MR) is 64.3 cm³/mol. The molecular weight excluding hydrogens is 176 g/mol. The van der Waals surface area contributed by atoms with Gasteiger partial charge in [-0.15, -0.1) is 11.8 Å². The summed E-state index contributed by atoms with van der Waals surface area (Å²) in [5.74, 6) is 0. The van der Waals surface area contributed by atoms with Gasteiger partial charge in [0.2, 0.25) is 0 Å². The van der Waals surface area contributed by atoms with Gasteiger partial charge in [0.15, 0.2) is 0 Å². The van der Waals surface area contributed by atoms with E-state index in [-0.39, 0.29) is 0 Å². The molecule has 0 amide bonds. The number of hydrogen-bond donors (Lipinski definition) is 0. The van der Waals surface area contributed by atoms with Crippen LogP contribution >= 0.6 is 11.8 Å². The number of hydrogen-bond acceptors (Lipinski definition) is 1. The van der Waals surface area contributed by atoms with Crippen molar-refractivity contribution in [3.05, 3.63) is 35.9 Å². The maximum atomic E-state index is 2.14. The molecule has 1 aromatic rings. The summed E-state index contributed by atoms with van der Waals surface area (Å²) in [4.78, 5) is 1.32. The lowest BCUT2D eigenvalue weighted by Gasteiger charge is -1.95. The van der Waals surface area contributed by atoms with Gasteiger partial charge >= 0.3 is 0 Å². The van der Waals surface area contributed by atoms with E-state index in [1.807, 2.05) is 26.8 Å². The molecule has 0 aliphatic heterocycles. The maximum Gasteiger partial charge on any atom is 0.00695 e. The summed E-state index contributed by atoms with van der Waals surface area (Å²) in [5.41, 5.74) is 1.27. The van der Waals surface area contributed by atoms with Gasteiger partial charge in [-0.05, 0) is 30.9 Å². The van der Waals surface area contributed by atoms with Crippen molar-refractivity contribution in [1.82, 2.24) is 0 Å². The fourth-order valence-corrected chi connectivity index (χ4v) is 1.32. The molecular formula is C12H18S. The van der Waals surface area contributed by atoms with Crippen molar-refractivity contribution in [3.8, 4) is 0 Å². The van der Waals surface area contributed by atoms with E-state index in [1.165, 1.54) is 10.5 Å². The highest BCUT2D eigenvalue weighted by Gasteiger charge is 1.87. The van der Waals surface area contributed by atoms with Gasteiger partial charge in [0.25, 0.3) is 0 Å². The Labute approximate surface area is 86.1 Å². The summed E-state index contributed by atoms with van der Waals surface area (Å²) in [6, 6.07) is 8.54. The largest absolute Gasteiger partial charge is 0.130 e. The normalized spacial score (nSPS) is 9.54. The summed E-state index contributed by atoms with van der Waals surface area (Å²) in [5, 5.41) is 0. The van der Waals surface area contributed by atoms with Crippen LogP contribution in [0.3, 0.4) is 0 Å². The van der Waals surface area contributed by atoms with E-state index in [9.17, 15) is 0 Å². The Kier molecular flexibility index (Phi) is 7.51. The molecule has 0 bridgehead atoms. The minimum atomic E-state index is 1.27. The van der Waals surface area contributed by atoms with Crippen LogP contribution in [0.2, 0.25) is 0 Å². The van der Waals surface area contributed by atoms with Crippen LogP contribution in [-0.2, 0) is 0 Å². The monoisotopic (exact) mass is 194 g/mol. The Bertz CT molecular complexity index is 234. The van der Waals surface area contributed by atoms with Crippen LogP contribution in [0.1, 0.15) is 26.3 Å². The molecule has 0 radical (unpaired) electrons. The molecule has 0 aromatic heterocycles. The number of thioether (sulfide) groups is 1. The fourth-order valence-electron chi connectivity index (χ4n) is 0.907. The van der Waals surface area contributed by atoms with E-state index in [1.54, 1.807) is 11.8 Å². The van der Waals surface area contributed by atoms with Crippen LogP contribution in [0.4, 0.5) is 0 Å². The zero-order chi connectivity index (χ0) is 10.1. The molecule has 0 N–H and O–H groups in total. The van der Waals surface area contributed by atoms with Gasteiger partial charge in [-0.1, -0.05) is 38.1 Å². The maximum absolute atomic E-state index is 2.14. The highest BCUT2D eigenvalue weighted by atomic mass is 32.2. The van der Waals surface area contributed by atoms with Gasteiger partial charge in [0, 0.05) is 4.90 Å². The first kappa shape index (κ1) is 12.3. The van der Waals surface area contributed by atoms with Crippen LogP contribution < -0.4 is 0 Å². The lowest BCUT2D eigenvalue weighted by molar-refractivity contribution is 1.45. The molecule has 72 valence electrons. The molecule has 0 nitrogen and oxygen atoms in total. The predicted octanol–water partition coefficient (Wildman–Crippen LogP) is 4.47. The van der Waals surface area contributed by atoms with Crippen molar-refractivity contribution in [2.75, 3.05) is 6.26 Å². The first-order valence-corrected chi connectivity index (χ1v) is 5.86. The van der Waals surface area contributed by atoms with Crippen molar-refractivity contribution in [1.29, 1.82) is 0 Å². The third-order valence-corrected chi connectivity index (χ3v) is 2.22. The van der Waals surface area contributed by atoms with Crippen LogP contribution in [0, 0.1) is 0 Å². The van der Waals surface area contributed by atoms with Crippen molar-refractivity contribution in [2.24, 2.45) is 0 Å². The molecule has 0 aliphatic rings. The number of benzene rings is 1. The second kappa shape index (κ2) is 7.93. The van der Waals surface area contributed by atoms with Crippen LogP contribution in [0.15, 0.2) is 35.2 Å². The molecule has 0 saturated carbocycles. The average Bonchev–Trinajstić information content (AvgIpc) is 2.23. The number of rotatable bonds is 2. The first-order valence-electron chi connectivity index (χ1n) is 4.63. The van der Waals surface area contributed by atoms with E-state index in [4.69, 9.17) is 0 Å². The Morgan fingerprint density at radius 1 is 1.08 bits per heavy atom. The van der Waals surface area contributed by atoms with Gasteiger partial charge in [-0.3, -0.25) is 0 Å². The Balaban J connectivity index is 0.000000671.